The zero-order valence-corrected chi connectivity index (χ0v) is 19.5. The molecule has 4 aromatic rings. The summed E-state index contributed by atoms with van der Waals surface area (Å²) >= 11 is 4.63. The van der Waals surface area contributed by atoms with Gasteiger partial charge < -0.3 is 25.6 Å². The van der Waals surface area contributed by atoms with Crippen molar-refractivity contribution in [2.45, 2.75) is 13.0 Å². The topological polar surface area (TPSA) is 110 Å². The van der Waals surface area contributed by atoms with Gasteiger partial charge in [-0.15, -0.1) is 0 Å². The Morgan fingerprint density at radius 3 is 2.56 bits per heavy atom. The number of anilines is 2. The zero-order valence-electron chi connectivity index (χ0n) is 17.1. The number of nitrogens with zero attached hydrogens (tertiary/aromatic N) is 1. The molecule has 1 heterocycles. The van der Waals surface area contributed by atoms with Crippen LogP contribution in [0, 0.1) is 5.41 Å². The molecule has 164 valence electrons. The molecule has 0 fully saturated rings. The number of nitrogens with one attached hydrogen (secondary N) is 3. The van der Waals surface area contributed by atoms with E-state index in [0.29, 0.717) is 10.8 Å². The Morgan fingerprint density at radius 1 is 1.12 bits per heavy atom. The maximum Gasteiger partial charge on any atom is 0.236 e. The van der Waals surface area contributed by atoms with Crippen molar-refractivity contribution in [2.24, 2.45) is 0 Å². The molecule has 9 heteroatoms. The van der Waals surface area contributed by atoms with Gasteiger partial charge in [-0.2, -0.15) is 4.37 Å². The average Bonchev–Trinajstić information content (AvgIpc) is 3.17. The summed E-state index contributed by atoms with van der Waals surface area (Å²) in [6, 6.07) is 19.0. The van der Waals surface area contributed by atoms with Crippen LogP contribution in [0.2, 0.25) is 0 Å². The highest BCUT2D eigenvalue weighted by molar-refractivity contribution is 9.10. The largest absolute Gasteiger partial charge is 0.492 e. The predicted octanol–water partition coefficient (Wildman–Crippen LogP) is 5.60. The second kappa shape index (κ2) is 9.56. The first-order valence-corrected chi connectivity index (χ1v) is 11.4. The van der Waals surface area contributed by atoms with Crippen molar-refractivity contribution in [3.63, 3.8) is 0 Å². The van der Waals surface area contributed by atoms with Crippen LogP contribution in [0.3, 0.4) is 0 Å². The van der Waals surface area contributed by atoms with E-state index in [1.54, 1.807) is 6.92 Å². The second-order valence-electron chi connectivity index (χ2n) is 7.16. The molecule has 1 aromatic heterocycles. The van der Waals surface area contributed by atoms with Crippen molar-refractivity contribution < 1.29 is 14.9 Å². The van der Waals surface area contributed by atoms with Crippen LogP contribution >= 0.6 is 27.5 Å². The molecule has 0 saturated heterocycles. The quantitative estimate of drug-likeness (QED) is 0.163. The van der Waals surface area contributed by atoms with Gasteiger partial charge in [0.15, 0.2) is 0 Å². The number of hydrogen-bond acceptors (Lipinski definition) is 7. The van der Waals surface area contributed by atoms with Crippen molar-refractivity contribution in [1.82, 2.24) is 9.69 Å². The fourth-order valence-corrected chi connectivity index (χ4v) is 4.34. The Balaban J connectivity index is 1.51. The molecule has 5 N–H and O–H groups in total. The van der Waals surface area contributed by atoms with Gasteiger partial charge in [-0.1, -0.05) is 40.2 Å². The lowest BCUT2D eigenvalue weighted by Crippen LogP contribution is -2.35. The predicted molar refractivity (Wildman–Crippen MR) is 132 cm³/mol. The second-order valence-corrected chi connectivity index (χ2v) is 8.78. The summed E-state index contributed by atoms with van der Waals surface area (Å²) in [5, 5.41) is 36.1. The average molecular weight is 513 g/mol. The van der Waals surface area contributed by atoms with Gasteiger partial charge in [-0.25, -0.2) is 0 Å². The number of aliphatic hydroxyl groups is 1. The number of benzene rings is 3. The molecule has 0 amide bonds. The summed E-state index contributed by atoms with van der Waals surface area (Å²) in [5.41, 5.74) is 1.02. The van der Waals surface area contributed by atoms with Gasteiger partial charge in [0.05, 0.1) is 6.61 Å². The molecule has 0 saturated carbocycles. The van der Waals surface area contributed by atoms with Gasteiger partial charge in [-0.05, 0) is 60.2 Å². The molecule has 32 heavy (non-hydrogen) atoms. The van der Waals surface area contributed by atoms with E-state index < -0.39 is 0 Å². The van der Waals surface area contributed by atoms with E-state index in [1.807, 2.05) is 60.7 Å². The van der Waals surface area contributed by atoms with Gasteiger partial charge in [0.25, 0.3) is 0 Å². The van der Waals surface area contributed by atoms with E-state index in [4.69, 9.17) is 10.1 Å². The summed E-state index contributed by atoms with van der Waals surface area (Å²) in [5.74, 6) is 1.20. The van der Waals surface area contributed by atoms with Crippen LogP contribution in [0.25, 0.3) is 10.8 Å². The normalized spacial score (nSPS) is 11.8. The molecule has 0 radical (unpaired) electrons. The maximum atomic E-state index is 10.1. The third-order valence-corrected chi connectivity index (χ3v) is 6.20. The van der Waals surface area contributed by atoms with Crippen LogP contribution in [-0.2, 0) is 0 Å². The maximum absolute atomic E-state index is 10.1. The molecule has 0 aliphatic carbocycles. The van der Waals surface area contributed by atoms with Gasteiger partial charge in [0.2, 0.25) is 5.88 Å². The van der Waals surface area contributed by atoms with E-state index in [0.717, 1.165) is 38.2 Å². The highest BCUT2D eigenvalue weighted by atomic mass is 79.9. The Hall–Kier alpha value is -3.14. The first-order valence-electron chi connectivity index (χ1n) is 9.83. The highest BCUT2D eigenvalue weighted by Crippen LogP contribution is 2.36. The number of fused-ring (bicyclic) bond motifs is 1. The minimum atomic E-state index is -0.319. The van der Waals surface area contributed by atoms with Crippen LogP contribution in [0.4, 0.5) is 10.7 Å². The first kappa shape index (κ1) is 22.1. The smallest absolute Gasteiger partial charge is 0.236 e. The fraction of sp³-hybridized carbons (Fsp3) is 0.130. The van der Waals surface area contributed by atoms with E-state index in [2.05, 4.69) is 30.9 Å². The summed E-state index contributed by atoms with van der Waals surface area (Å²) in [6.45, 7) is 1.62. The minimum Gasteiger partial charge on any atom is -0.492 e. The van der Waals surface area contributed by atoms with Crippen molar-refractivity contribution >= 4 is 54.8 Å². The number of hydrogen-bond donors (Lipinski definition) is 5. The fourth-order valence-electron chi connectivity index (χ4n) is 3.14. The van der Waals surface area contributed by atoms with Gasteiger partial charge >= 0.3 is 0 Å². The Labute approximate surface area is 197 Å². The number of ether oxygens (including phenoxy) is 1. The summed E-state index contributed by atoms with van der Waals surface area (Å²) in [6.07, 6.45) is 0. The molecule has 0 aliphatic heterocycles. The number of halogens is 1. The first-order chi connectivity index (χ1) is 15.5. The summed E-state index contributed by atoms with van der Waals surface area (Å²) in [4.78, 5) is 0. The molecule has 0 bridgehead atoms. The SMILES string of the molecule is CC(CO)NC(=N)c1c(O)nsc1Nc1ccc(Oc2ccc(Br)c3ccccc23)cc1. The van der Waals surface area contributed by atoms with E-state index in [-0.39, 0.29) is 29.9 Å². The van der Waals surface area contributed by atoms with E-state index >= 15 is 0 Å². The molecule has 0 spiro atoms. The number of aromatic nitrogens is 1. The van der Waals surface area contributed by atoms with Crippen LogP contribution in [-0.4, -0.2) is 33.1 Å². The summed E-state index contributed by atoms with van der Waals surface area (Å²) in [7, 11) is 0. The lowest BCUT2D eigenvalue weighted by molar-refractivity contribution is 0.264. The lowest BCUT2D eigenvalue weighted by Gasteiger charge is -2.14. The van der Waals surface area contributed by atoms with E-state index in [1.165, 1.54) is 0 Å². The molecular formula is C23H21BrN4O3S. The van der Waals surface area contributed by atoms with Crippen molar-refractivity contribution in [3.05, 3.63) is 70.7 Å². The molecule has 1 atom stereocenters. The van der Waals surface area contributed by atoms with Crippen LogP contribution in [0.5, 0.6) is 17.4 Å². The van der Waals surface area contributed by atoms with E-state index in [9.17, 15) is 10.2 Å². The Kier molecular flexibility index (Phi) is 6.59. The van der Waals surface area contributed by atoms with Crippen LogP contribution < -0.4 is 15.4 Å². The van der Waals surface area contributed by atoms with Crippen molar-refractivity contribution in [1.29, 1.82) is 5.41 Å². The number of amidine groups is 1. The van der Waals surface area contributed by atoms with Gasteiger partial charge in [-0.3, -0.25) is 5.41 Å². The molecule has 3 aromatic carbocycles. The number of rotatable bonds is 7. The van der Waals surface area contributed by atoms with Gasteiger partial charge in [0, 0.05) is 21.6 Å². The Bertz CT molecular complexity index is 1260. The monoisotopic (exact) mass is 512 g/mol. The molecular weight excluding hydrogens is 492 g/mol. The standard InChI is InChI=1S/C23H21BrN4O3S/c1-13(12-29)26-21(25)20-22(30)28-32-23(20)27-14-6-8-15(9-7-14)31-19-11-10-18(24)16-4-2-3-5-17(16)19/h2-11,13,27,29H,12H2,1H3,(H2,25,26)(H,28,30). The van der Waals surface area contributed by atoms with Gasteiger partial charge in [0.1, 0.15) is 27.9 Å². The minimum absolute atomic E-state index is 0.0117. The third kappa shape index (κ3) is 4.69. The zero-order chi connectivity index (χ0) is 22.7. The molecule has 1 unspecified atom stereocenters. The number of aromatic hydroxyl groups is 1. The van der Waals surface area contributed by atoms with Crippen molar-refractivity contribution in [2.75, 3.05) is 11.9 Å². The molecule has 0 aliphatic rings. The molecule has 7 nitrogen and oxygen atoms in total. The number of aliphatic hydroxyl groups excluding tert-OH is 1. The van der Waals surface area contributed by atoms with Crippen LogP contribution in [0.15, 0.2) is 65.1 Å². The molecule has 4 rings (SSSR count). The Morgan fingerprint density at radius 2 is 1.84 bits per heavy atom. The summed E-state index contributed by atoms with van der Waals surface area (Å²) < 4.78 is 11.1. The van der Waals surface area contributed by atoms with Crippen molar-refractivity contribution in [3.8, 4) is 17.4 Å². The lowest BCUT2D eigenvalue weighted by atomic mass is 10.1. The third-order valence-electron chi connectivity index (χ3n) is 4.76. The highest BCUT2D eigenvalue weighted by Gasteiger charge is 2.19. The van der Waals surface area contributed by atoms with Crippen LogP contribution in [0.1, 0.15) is 12.5 Å².